The molecule has 0 saturated carbocycles. The van der Waals surface area contributed by atoms with Gasteiger partial charge in [-0.25, -0.2) is 9.97 Å². The van der Waals surface area contributed by atoms with Gasteiger partial charge in [0.2, 0.25) is 0 Å². The predicted octanol–water partition coefficient (Wildman–Crippen LogP) is 15.1. The largest absolute Gasteiger partial charge is 0.255 e. The van der Waals surface area contributed by atoms with E-state index in [1.165, 1.54) is 41.7 Å². The SMILES string of the molecule is c1ccc(-c2cc(-c3cccc(-c4cccc(-c5cccc6c5nc(-c5cc7ccccc7c7ccccc57)c5sc7ccccc7c56)c4)c3)cc(-c3ccccn3)n2)nc1. The molecule has 0 N–H and O–H groups in total. The normalized spacial score (nSPS) is 11.6. The summed E-state index contributed by atoms with van der Waals surface area (Å²) in [5.74, 6) is 0. The zero-order valence-corrected chi connectivity index (χ0v) is 33.6. The molecular weight excluding hydrogens is 761 g/mol. The fourth-order valence-electron chi connectivity index (χ4n) is 8.91. The molecule has 0 aliphatic carbocycles. The molecule has 0 atom stereocenters. The average Bonchev–Trinajstić information content (AvgIpc) is 3.74. The lowest BCUT2D eigenvalue weighted by atomic mass is 9.92. The quantitative estimate of drug-likeness (QED) is 0.157. The van der Waals surface area contributed by atoms with Crippen LogP contribution in [0.4, 0.5) is 0 Å². The van der Waals surface area contributed by atoms with Crippen LogP contribution in [0.3, 0.4) is 0 Å². The molecule has 0 aliphatic heterocycles. The number of rotatable bonds is 6. The lowest BCUT2D eigenvalue weighted by Crippen LogP contribution is -1.94. The number of thiophene rings is 1. The van der Waals surface area contributed by atoms with Crippen molar-refractivity contribution < 1.29 is 0 Å². The summed E-state index contributed by atoms with van der Waals surface area (Å²) in [7, 11) is 0. The number of para-hydroxylation sites is 1. The Morgan fingerprint density at radius 3 is 1.64 bits per heavy atom. The Bertz CT molecular complexity index is 3590. The van der Waals surface area contributed by atoms with Crippen LogP contribution >= 0.6 is 11.3 Å². The molecule has 5 aromatic heterocycles. The van der Waals surface area contributed by atoms with Crippen molar-refractivity contribution in [1.82, 2.24) is 19.9 Å². The molecular formula is C56H34N4S. The monoisotopic (exact) mass is 794 g/mol. The van der Waals surface area contributed by atoms with Gasteiger partial charge in [-0.05, 0) is 110 Å². The third-order valence-corrected chi connectivity index (χ3v) is 12.9. The zero-order chi connectivity index (χ0) is 40.3. The van der Waals surface area contributed by atoms with E-state index in [4.69, 9.17) is 9.97 Å². The minimum Gasteiger partial charge on any atom is -0.255 e. The molecule has 0 amide bonds. The van der Waals surface area contributed by atoms with Gasteiger partial charge in [0, 0.05) is 44.4 Å². The second-order valence-electron chi connectivity index (χ2n) is 15.4. The molecule has 7 aromatic carbocycles. The molecule has 0 fully saturated rings. The van der Waals surface area contributed by atoms with Gasteiger partial charge in [-0.15, -0.1) is 11.3 Å². The smallest absolute Gasteiger partial charge is 0.0900 e. The molecule has 4 nitrogen and oxygen atoms in total. The maximum atomic E-state index is 5.72. The molecule has 284 valence electrons. The van der Waals surface area contributed by atoms with Crippen LogP contribution in [0.1, 0.15) is 0 Å². The van der Waals surface area contributed by atoms with E-state index in [-0.39, 0.29) is 0 Å². The average molecular weight is 795 g/mol. The van der Waals surface area contributed by atoms with Gasteiger partial charge in [-0.1, -0.05) is 133 Å². The van der Waals surface area contributed by atoms with Gasteiger partial charge in [-0.2, -0.15) is 0 Å². The Balaban J connectivity index is 1.03. The van der Waals surface area contributed by atoms with Crippen LogP contribution in [-0.4, -0.2) is 19.9 Å². The van der Waals surface area contributed by atoms with E-state index in [1.807, 2.05) is 47.7 Å². The highest BCUT2D eigenvalue weighted by Gasteiger charge is 2.21. The molecule has 0 bridgehead atoms. The first kappa shape index (κ1) is 35.1. The number of fused-ring (bicyclic) bond motifs is 8. The Labute approximate surface area is 356 Å². The summed E-state index contributed by atoms with van der Waals surface area (Å²) in [5, 5.41) is 8.60. The first-order valence-corrected chi connectivity index (χ1v) is 21.3. The third-order valence-electron chi connectivity index (χ3n) is 11.7. The van der Waals surface area contributed by atoms with E-state index in [9.17, 15) is 0 Å². The van der Waals surface area contributed by atoms with E-state index in [0.29, 0.717) is 0 Å². The molecule has 12 rings (SSSR count). The summed E-state index contributed by atoms with van der Waals surface area (Å²) in [6.07, 6.45) is 3.61. The zero-order valence-electron chi connectivity index (χ0n) is 32.8. The molecule has 5 heteroatoms. The lowest BCUT2D eigenvalue weighted by Gasteiger charge is -2.15. The van der Waals surface area contributed by atoms with Gasteiger partial charge in [0.25, 0.3) is 0 Å². The highest BCUT2D eigenvalue weighted by Crippen LogP contribution is 2.47. The van der Waals surface area contributed by atoms with Gasteiger partial charge in [0.15, 0.2) is 0 Å². The Hall–Kier alpha value is -7.86. The molecule has 0 spiro atoms. The fourth-order valence-corrected chi connectivity index (χ4v) is 10.1. The summed E-state index contributed by atoms with van der Waals surface area (Å²) < 4.78 is 2.48. The van der Waals surface area contributed by atoms with Crippen molar-refractivity contribution in [2.45, 2.75) is 0 Å². The number of benzene rings is 7. The van der Waals surface area contributed by atoms with Gasteiger partial charge < -0.3 is 0 Å². The van der Waals surface area contributed by atoms with Crippen molar-refractivity contribution in [3.05, 3.63) is 207 Å². The van der Waals surface area contributed by atoms with E-state index in [1.54, 1.807) is 12.4 Å². The second-order valence-corrected chi connectivity index (χ2v) is 16.4. The summed E-state index contributed by atoms with van der Waals surface area (Å²) >= 11 is 1.84. The third kappa shape index (κ3) is 6.05. The lowest BCUT2D eigenvalue weighted by molar-refractivity contribution is 1.22. The topological polar surface area (TPSA) is 51.6 Å². The number of nitrogens with zero attached hydrogens (tertiary/aromatic N) is 4. The Kier molecular flexibility index (Phi) is 8.32. The van der Waals surface area contributed by atoms with Crippen LogP contribution in [0.15, 0.2) is 207 Å². The van der Waals surface area contributed by atoms with Crippen LogP contribution in [0.25, 0.3) is 120 Å². The van der Waals surface area contributed by atoms with Crippen LogP contribution in [0.2, 0.25) is 0 Å². The van der Waals surface area contributed by atoms with E-state index in [0.717, 1.165) is 78.3 Å². The number of aromatic nitrogens is 4. The molecule has 61 heavy (non-hydrogen) atoms. The minimum absolute atomic E-state index is 0.804. The Morgan fingerprint density at radius 2 is 0.918 bits per heavy atom. The summed E-state index contributed by atoms with van der Waals surface area (Å²) in [5.41, 5.74) is 13.0. The first-order chi connectivity index (χ1) is 30.2. The second kappa shape index (κ2) is 14.5. The maximum Gasteiger partial charge on any atom is 0.0900 e. The highest BCUT2D eigenvalue weighted by atomic mass is 32.1. The summed E-state index contributed by atoms with van der Waals surface area (Å²) in [4.78, 5) is 20.0. The number of hydrogen-bond acceptors (Lipinski definition) is 5. The highest BCUT2D eigenvalue weighted by molar-refractivity contribution is 7.26. The van der Waals surface area contributed by atoms with Crippen molar-refractivity contribution in [3.63, 3.8) is 0 Å². The van der Waals surface area contributed by atoms with Crippen molar-refractivity contribution in [1.29, 1.82) is 0 Å². The van der Waals surface area contributed by atoms with E-state index in [2.05, 4.69) is 168 Å². The van der Waals surface area contributed by atoms with Gasteiger partial charge >= 0.3 is 0 Å². The molecule has 0 unspecified atom stereocenters. The van der Waals surface area contributed by atoms with Crippen LogP contribution in [-0.2, 0) is 0 Å². The van der Waals surface area contributed by atoms with Crippen molar-refractivity contribution in [2.24, 2.45) is 0 Å². The fraction of sp³-hybridized carbons (Fsp3) is 0. The Morgan fingerprint density at radius 1 is 0.344 bits per heavy atom. The molecule has 0 saturated heterocycles. The van der Waals surface area contributed by atoms with Crippen molar-refractivity contribution >= 4 is 64.0 Å². The van der Waals surface area contributed by atoms with E-state index >= 15 is 0 Å². The first-order valence-electron chi connectivity index (χ1n) is 20.4. The van der Waals surface area contributed by atoms with Gasteiger partial charge in [0.1, 0.15) is 0 Å². The van der Waals surface area contributed by atoms with E-state index < -0.39 is 0 Å². The predicted molar refractivity (Wildman–Crippen MR) is 256 cm³/mol. The van der Waals surface area contributed by atoms with Crippen molar-refractivity contribution in [3.8, 4) is 67.4 Å². The van der Waals surface area contributed by atoms with Crippen molar-refractivity contribution in [2.75, 3.05) is 0 Å². The molecule has 12 aromatic rings. The van der Waals surface area contributed by atoms with Crippen LogP contribution in [0, 0.1) is 0 Å². The van der Waals surface area contributed by atoms with Gasteiger partial charge in [0.05, 0.1) is 38.7 Å². The number of pyridine rings is 4. The standard InChI is InChI=1S/C56H34N4S/c1-2-19-41-39(14-1)32-47(44-21-4-3-20-43(41)44)55-56-53(45-22-5-6-27-52(45)61-56)46-24-13-23-42(54(46)60-55)38-18-12-16-36(31-38)35-15-11-17-37(30-35)40-33-50(48-25-7-9-28-57-48)59-51(34-40)49-26-8-10-29-58-49/h1-34H. The van der Waals surface area contributed by atoms with Crippen LogP contribution in [0.5, 0.6) is 0 Å². The van der Waals surface area contributed by atoms with Crippen LogP contribution < -0.4 is 0 Å². The molecule has 5 heterocycles. The molecule has 0 aliphatic rings. The van der Waals surface area contributed by atoms with Gasteiger partial charge in [-0.3, -0.25) is 9.97 Å². The maximum absolute atomic E-state index is 5.72. The number of hydrogen-bond donors (Lipinski definition) is 0. The summed E-state index contributed by atoms with van der Waals surface area (Å²) in [6.45, 7) is 0. The summed E-state index contributed by atoms with van der Waals surface area (Å²) in [6, 6.07) is 69.0. The minimum atomic E-state index is 0.804. The molecule has 0 radical (unpaired) electrons.